The van der Waals surface area contributed by atoms with E-state index >= 15 is 0 Å². The average molecular weight is 117 g/mol. The van der Waals surface area contributed by atoms with Gasteiger partial charge in [-0.05, 0) is 0 Å². The zero-order chi connectivity index (χ0) is 4.12. The minimum Gasteiger partial charge on any atom is -0.0923 e. The molecule has 0 aliphatic carbocycles. The molecule has 0 aliphatic heterocycles. The smallest absolute Gasteiger partial charge is 0.0541 e. The van der Waals surface area contributed by atoms with Crippen LogP contribution >= 0.6 is 0 Å². The van der Waals surface area contributed by atoms with Crippen LogP contribution in [-0.4, -0.2) is 22.0 Å². The Labute approximate surface area is 52.8 Å². The third-order valence-electron chi connectivity index (χ3n) is 0.372. The predicted octanol–water partition coefficient (Wildman–Crippen LogP) is -0.171. The number of hydrogen-bond donors (Lipinski definition) is 0. The fourth-order valence-corrected chi connectivity index (χ4v) is 0.136. The zero-order valence-corrected chi connectivity index (χ0v) is 4.90. The fourth-order valence-electron chi connectivity index (χ4n) is 0.136. The van der Waals surface area contributed by atoms with Crippen LogP contribution in [0.25, 0.3) is 0 Å². The summed E-state index contributed by atoms with van der Waals surface area (Å²) in [4.78, 5) is 0. The molecule has 0 N–H and O–H groups in total. The molecule has 4 radical (unpaired) electrons. The largest absolute Gasteiger partial charge is 0.0923 e. The van der Waals surface area contributed by atoms with Crippen molar-refractivity contribution in [1.29, 1.82) is 0 Å². The van der Waals surface area contributed by atoms with Crippen LogP contribution in [0.5, 0.6) is 0 Å². The minimum atomic E-state index is 0. The van der Waals surface area contributed by atoms with Crippen LogP contribution in [-0.2, 0) is 17.1 Å². The van der Waals surface area contributed by atoms with Gasteiger partial charge in [-0.25, -0.2) is 0 Å². The summed E-state index contributed by atoms with van der Waals surface area (Å²) in [6, 6.07) is 0. The third kappa shape index (κ3) is 8.83. The monoisotopic (exact) mass is 118 g/mol. The summed E-state index contributed by atoms with van der Waals surface area (Å²) in [6.07, 6.45) is 1.04. The van der Waals surface area contributed by atoms with E-state index in [1.165, 1.54) is 0 Å². The van der Waals surface area contributed by atoms with E-state index in [1.54, 1.807) is 7.06 Å². The Balaban J connectivity index is 0. The molecule has 0 spiro atoms. The SMILES string of the molecule is [B][B][B]CC.[Fe]. The van der Waals surface area contributed by atoms with Crippen molar-refractivity contribution in [2.24, 2.45) is 0 Å². The van der Waals surface area contributed by atoms with Crippen LogP contribution in [0.4, 0.5) is 0 Å². The van der Waals surface area contributed by atoms with Crippen LogP contribution in [0.3, 0.4) is 0 Å². The Hall–Kier alpha value is 0.714. The van der Waals surface area contributed by atoms with E-state index in [-0.39, 0.29) is 17.1 Å². The van der Waals surface area contributed by atoms with Gasteiger partial charge in [0.1, 0.15) is 0 Å². The standard InChI is InChI=1S/C2H5B3.Fe/c1-2-4-5-3;/h2H2,1H3;. The second-order valence-electron chi connectivity index (χ2n) is 0.836. The fraction of sp³-hybridized carbons (Fsp3) is 1.00. The van der Waals surface area contributed by atoms with Crippen molar-refractivity contribution >= 4 is 22.0 Å². The first kappa shape index (κ1) is 9.86. The summed E-state index contributed by atoms with van der Waals surface area (Å²) in [5, 5.41) is 0. The van der Waals surface area contributed by atoms with Crippen LogP contribution in [0.2, 0.25) is 6.32 Å². The van der Waals surface area contributed by atoms with Gasteiger partial charge in [0.2, 0.25) is 0 Å². The first-order valence-corrected chi connectivity index (χ1v) is 1.78. The molecule has 6 heavy (non-hydrogen) atoms. The summed E-state index contributed by atoms with van der Waals surface area (Å²) in [6.45, 7) is 2.04. The Morgan fingerprint density at radius 2 is 2.17 bits per heavy atom. The summed E-state index contributed by atoms with van der Waals surface area (Å²) >= 11 is 0. The summed E-state index contributed by atoms with van der Waals surface area (Å²) < 4.78 is 0. The maximum Gasteiger partial charge on any atom is 0.0541 e. The molecular formula is C2H5B3Fe. The molecule has 0 unspecified atom stereocenters. The maximum absolute atomic E-state index is 4.96. The molecule has 0 bridgehead atoms. The molecule has 0 rings (SSSR count). The number of hydrogen-bond acceptors (Lipinski definition) is 0. The Bertz CT molecular complexity index is 16.3. The Morgan fingerprint density at radius 1 is 1.67 bits per heavy atom. The second kappa shape index (κ2) is 9.21. The minimum absolute atomic E-state index is 0. The van der Waals surface area contributed by atoms with Gasteiger partial charge in [-0.3, -0.25) is 0 Å². The molecule has 0 saturated carbocycles. The van der Waals surface area contributed by atoms with E-state index in [4.69, 9.17) is 7.74 Å². The molecule has 0 amide bonds. The molecule has 0 nitrogen and oxygen atoms in total. The zero-order valence-electron chi connectivity index (χ0n) is 3.79. The quantitative estimate of drug-likeness (QED) is 0.441. The van der Waals surface area contributed by atoms with Crippen molar-refractivity contribution in [1.82, 2.24) is 0 Å². The van der Waals surface area contributed by atoms with Crippen LogP contribution in [0.1, 0.15) is 6.92 Å². The predicted molar refractivity (Wildman–Crippen MR) is 27.7 cm³/mol. The molecule has 4 heteroatoms. The van der Waals surface area contributed by atoms with Crippen molar-refractivity contribution in [2.75, 3.05) is 0 Å². The Kier molecular flexibility index (Phi) is 15.1. The molecule has 0 fully saturated rings. The number of rotatable bonds is 2. The van der Waals surface area contributed by atoms with Gasteiger partial charge in [0.25, 0.3) is 0 Å². The van der Waals surface area contributed by atoms with Gasteiger partial charge >= 0.3 is 0 Å². The molecule has 30 valence electrons. The van der Waals surface area contributed by atoms with Gasteiger partial charge in [-0.1, -0.05) is 13.2 Å². The summed E-state index contributed by atoms with van der Waals surface area (Å²) in [5.74, 6) is 0. The molecule has 0 atom stereocenters. The van der Waals surface area contributed by atoms with Crippen molar-refractivity contribution in [2.45, 2.75) is 13.2 Å². The van der Waals surface area contributed by atoms with Crippen LogP contribution in [0.15, 0.2) is 0 Å². The van der Waals surface area contributed by atoms with Crippen molar-refractivity contribution in [3.8, 4) is 0 Å². The Morgan fingerprint density at radius 3 is 2.17 bits per heavy atom. The van der Waals surface area contributed by atoms with Gasteiger partial charge in [0.15, 0.2) is 0 Å². The van der Waals surface area contributed by atoms with Gasteiger partial charge in [-0.2, -0.15) is 0 Å². The molecule has 0 aliphatic rings. The first-order valence-electron chi connectivity index (χ1n) is 1.78. The van der Waals surface area contributed by atoms with E-state index in [9.17, 15) is 0 Å². The molecule has 0 heterocycles. The van der Waals surface area contributed by atoms with E-state index in [1.807, 2.05) is 14.1 Å². The molecule has 0 aromatic carbocycles. The maximum atomic E-state index is 4.96. The van der Waals surface area contributed by atoms with Gasteiger partial charge in [-0.15, -0.1) is 0 Å². The molecule has 0 aromatic heterocycles. The van der Waals surface area contributed by atoms with E-state index in [0.717, 1.165) is 6.32 Å². The van der Waals surface area contributed by atoms with Gasteiger partial charge in [0.05, 0.1) is 7.17 Å². The second-order valence-corrected chi connectivity index (χ2v) is 0.836. The topological polar surface area (TPSA) is 0 Å². The van der Waals surface area contributed by atoms with Gasteiger partial charge in [0, 0.05) is 31.9 Å². The average Bonchev–Trinajstić information content (AvgIpc) is 1.41. The molecule has 0 saturated heterocycles. The van der Waals surface area contributed by atoms with Crippen molar-refractivity contribution in [3.63, 3.8) is 0 Å². The normalized spacial score (nSPS) is 5.50. The van der Waals surface area contributed by atoms with Gasteiger partial charge < -0.3 is 0 Å². The molecule has 0 aromatic rings. The molecular weight excluding hydrogens is 112 g/mol. The van der Waals surface area contributed by atoms with Crippen molar-refractivity contribution in [3.05, 3.63) is 0 Å². The third-order valence-corrected chi connectivity index (χ3v) is 0.372. The van der Waals surface area contributed by atoms with Crippen LogP contribution in [0, 0.1) is 0 Å². The van der Waals surface area contributed by atoms with Crippen LogP contribution < -0.4 is 0 Å². The van der Waals surface area contributed by atoms with E-state index < -0.39 is 0 Å². The van der Waals surface area contributed by atoms with E-state index in [0.29, 0.717) is 0 Å². The first-order chi connectivity index (χ1) is 2.41. The van der Waals surface area contributed by atoms with E-state index in [2.05, 4.69) is 0 Å². The van der Waals surface area contributed by atoms with Crippen molar-refractivity contribution < 1.29 is 17.1 Å². The summed E-state index contributed by atoms with van der Waals surface area (Å²) in [5.41, 5.74) is 0. The summed E-state index contributed by atoms with van der Waals surface area (Å²) in [7, 11) is 8.42.